The van der Waals surface area contributed by atoms with Crippen LogP contribution >= 0.6 is 0 Å². The van der Waals surface area contributed by atoms with Crippen LogP contribution in [0.25, 0.3) is 0 Å². The van der Waals surface area contributed by atoms with Crippen LogP contribution in [0.15, 0.2) is 11.3 Å². The molecule has 0 amide bonds. The van der Waals surface area contributed by atoms with Crippen LogP contribution in [0.2, 0.25) is 0 Å². The first-order chi connectivity index (χ1) is 10.0. The highest BCUT2D eigenvalue weighted by Crippen LogP contribution is 2.29. The number of esters is 1. The molecule has 8 heteroatoms. The number of carbonyl (C=O) groups excluding carboxylic acids is 2. The molecule has 0 saturated carbocycles. The molecule has 2 aliphatic heterocycles. The zero-order valence-electron chi connectivity index (χ0n) is 12.2. The summed E-state index contributed by atoms with van der Waals surface area (Å²) in [5.41, 5.74) is 7.46. The van der Waals surface area contributed by atoms with Crippen molar-refractivity contribution in [2.75, 3.05) is 13.2 Å². The van der Waals surface area contributed by atoms with E-state index in [9.17, 15) is 9.90 Å². The van der Waals surface area contributed by atoms with Gasteiger partial charge in [0.25, 0.3) is 0 Å². The molecule has 0 aromatic rings. The van der Waals surface area contributed by atoms with Gasteiger partial charge in [0.05, 0.1) is 18.9 Å². The molecular formula is C13H21N3O5. The number of aliphatic hydroxyl groups is 1. The molecule has 2 rings (SSSR count). The fourth-order valence-electron chi connectivity index (χ4n) is 2.67. The van der Waals surface area contributed by atoms with Crippen LogP contribution in [0.1, 0.15) is 26.7 Å². The highest BCUT2D eigenvalue weighted by atomic mass is 16.5. The van der Waals surface area contributed by atoms with Gasteiger partial charge in [-0.1, -0.05) is 0 Å². The Bertz CT molecular complexity index is 472. The number of hydrogen-bond donors (Lipinski definition) is 3. The van der Waals surface area contributed by atoms with Crippen molar-refractivity contribution in [2.24, 2.45) is 5.73 Å². The van der Waals surface area contributed by atoms with Gasteiger partial charge in [-0.15, -0.1) is 0 Å². The molecular weight excluding hydrogens is 278 g/mol. The van der Waals surface area contributed by atoms with Crippen molar-refractivity contribution in [2.45, 2.75) is 38.8 Å². The zero-order valence-corrected chi connectivity index (χ0v) is 12.2. The van der Waals surface area contributed by atoms with E-state index in [0.29, 0.717) is 18.1 Å². The van der Waals surface area contributed by atoms with Gasteiger partial charge in [0.2, 0.25) is 0 Å². The Hall–Kier alpha value is -2.09. The van der Waals surface area contributed by atoms with E-state index in [4.69, 9.17) is 20.4 Å². The molecule has 2 heterocycles. The number of carbonyl (C=O) groups is 2. The molecule has 0 spiro atoms. The Morgan fingerprint density at radius 1 is 1.67 bits per heavy atom. The first kappa shape index (κ1) is 17.0. The topological polar surface area (TPSA) is 128 Å². The minimum Gasteiger partial charge on any atom is -0.554 e. The van der Waals surface area contributed by atoms with Crippen molar-refractivity contribution in [3.05, 3.63) is 11.3 Å². The third-order valence-electron chi connectivity index (χ3n) is 3.44. The van der Waals surface area contributed by atoms with Crippen molar-refractivity contribution >= 4 is 18.4 Å². The maximum atomic E-state index is 12.0. The van der Waals surface area contributed by atoms with Gasteiger partial charge >= 0.3 is 11.9 Å². The Kier molecular flexibility index (Phi) is 6.16. The number of nitrogens with zero attached hydrogens (tertiary/aromatic N) is 1. The van der Waals surface area contributed by atoms with Crippen LogP contribution in [-0.2, 0) is 14.3 Å². The average molecular weight is 299 g/mol. The lowest BCUT2D eigenvalue weighted by molar-refractivity contribution is -0.510. The summed E-state index contributed by atoms with van der Waals surface area (Å²) < 4.78 is 6.91. The van der Waals surface area contributed by atoms with Crippen LogP contribution < -0.4 is 16.2 Å². The minimum absolute atomic E-state index is 0.0242. The van der Waals surface area contributed by atoms with E-state index >= 15 is 0 Å². The van der Waals surface area contributed by atoms with Crippen LogP contribution in [0.4, 0.5) is 0 Å². The van der Waals surface area contributed by atoms with Gasteiger partial charge in [-0.2, -0.15) is 0 Å². The van der Waals surface area contributed by atoms with Gasteiger partial charge in [0.1, 0.15) is 17.7 Å². The van der Waals surface area contributed by atoms with Crippen molar-refractivity contribution in [3.63, 3.8) is 0 Å². The number of carboxylic acid groups (broad SMARTS) is 1. The minimum atomic E-state index is -0.500. The van der Waals surface area contributed by atoms with Crippen molar-refractivity contribution in [3.8, 4) is 0 Å². The predicted octanol–water partition coefficient (Wildman–Crippen LogP) is -2.36. The molecule has 2 atom stereocenters. The number of ether oxygens (including phenoxy) is 1. The quantitative estimate of drug-likeness (QED) is 0.302. The Labute approximate surface area is 122 Å². The fraction of sp³-hybridized carbons (Fsp3) is 0.615. The van der Waals surface area contributed by atoms with Gasteiger partial charge in [-0.05, 0) is 20.3 Å². The third kappa shape index (κ3) is 3.52. The van der Waals surface area contributed by atoms with Gasteiger partial charge in [0.15, 0.2) is 0 Å². The summed E-state index contributed by atoms with van der Waals surface area (Å²) in [6.45, 7) is 3.55. The lowest BCUT2D eigenvalue weighted by Gasteiger charge is -2.24. The normalized spacial score (nSPS) is 23.8. The second-order valence-corrected chi connectivity index (χ2v) is 4.67. The molecule has 1 fully saturated rings. The molecule has 0 aromatic heterocycles. The molecule has 1 saturated heterocycles. The Morgan fingerprint density at radius 2 is 2.29 bits per heavy atom. The van der Waals surface area contributed by atoms with E-state index in [-0.39, 0.29) is 24.7 Å². The van der Waals surface area contributed by atoms with Crippen molar-refractivity contribution < 1.29 is 29.1 Å². The Balaban J connectivity index is 0.000000677. The van der Waals surface area contributed by atoms with Gasteiger partial charge in [-0.3, -0.25) is 11.1 Å². The summed E-state index contributed by atoms with van der Waals surface area (Å²) in [6, 6.07) is -0.211. The van der Waals surface area contributed by atoms with E-state index in [1.807, 2.05) is 11.5 Å². The van der Waals surface area contributed by atoms with Crippen LogP contribution in [0, 0.1) is 0 Å². The van der Waals surface area contributed by atoms with E-state index in [1.165, 1.54) is 0 Å². The summed E-state index contributed by atoms with van der Waals surface area (Å²) in [7, 11) is 0. The van der Waals surface area contributed by atoms with Gasteiger partial charge in [-0.25, -0.2) is 9.37 Å². The number of rotatable bonds is 3. The molecule has 0 radical (unpaired) electrons. The first-order valence-electron chi connectivity index (χ1n) is 6.76. The van der Waals surface area contributed by atoms with Crippen LogP contribution in [0.3, 0.4) is 0 Å². The molecule has 2 aliphatic rings. The molecule has 8 nitrogen and oxygen atoms in total. The maximum Gasteiger partial charge on any atom is 0.349 e. The number of fused-ring (bicyclic) bond motifs is 1. The van der Waals surface area contributed by atoms with Gasteiger partial charge < -0.3 is 19.7 Å². The summed E-state index contributed by atoms with van der Waals surface area (Å²) in [6.07, 6.45) is 1.54. The third-order valence-corrected chi connectivity index (χ3v) is 3.44. The standard InChI is InChI=1S/C12H19N3O3.CH2O2/c1-3-18-11(17)10-7(2)14-12(13)15-8(6-16)4-5-9(10)15;2-1-3/h7-8,16H,3-6H2,1-2H3,(H2,13,14);1H,(H,2,3)/t7-,8+;/m1./s1. The van der Waals surface area contributed by atoms with E-state index < -0.39 is 6.47 Å². The summed E-state index contributed by atoms with van der Waals surface area (Å²) in [4.78, 5) is 20.2. The highest BCUT2D eigenvalue weighted by Gasteiger charge is 2.40. The van der Waals surface area contributed by atoms with Crippen LogP contribution in [-0.4, -0.2) is 53.4 Å². The summed E-state index contributed by atoms with van der Waals surface area (Å²) in [5, 5.41) is 20.6. The SMILES string of the molecule is CCOC(=O)C1=C2CC[C@@H](CO)[N+]2=C(N)N[C@@H]1C.O=C[O-]. The first-order valence-corrected chi connectivity index (χ1v) is 6.76. The van der Waals surface area contributed by atoms with Crippen LogP contribution in [0.5, 0.6) is 0 Å². The summed E-state index contributed by atoms with van der Waals surface area (Å²) >= 11 is 0. The number of nitrogens with one attached hydrogen (secondary N) is 1. The number of allylic oxidation sites excluding steroid dienone is 1. The number of hydrogen-bond acceptors (Lipinski definition) is 7. The molecule has 21 heavy (non-hydrogen) atoms. The fourth-order valence-corrected chi connectivity index (χ4v) is 2.67. The lowest BCUT2D eigenvalue weighted by Crippen LogP contribution is -2.52. The molecule has 0 bridgehead atoms. The van der Waals surface area contributed by atoms with E-state index in [1.54, 1.807) is 6.92 Å². The van der Waals surface area contributed by atoms with E-state index in [0.717, 1.165) is 18.5 Å². The van der Waals surface area contributed by atoms with Crippen molar-refractivity contribution in [1.29, 1.82) is 0 Å². The molecule has 4 N–H and O–H groups in total. The predicted molar refractivity (Wildman–Crippen MR) is 71.9 cm³/mol. The number of guanidine groups is 1. The monoisotopic (exact) mass is 299 g/mol. The summed E-state index contributed by atoms with van der Waals surface area (Å²) in [5.74, 6) is 0.200. The average Bonchev–Trinajstić information content (AvgIpc) is 2.84. The van der Waals surface area contributed by atoms with Gasteiger partial charge in [0, 0.05) is 12.9 Å². The largest absolute Gasteiger partial charge is 0.554 e. The second kappa shape index (κ2) is 7.63. The Morgan fingerprint density at radius 3 is 2.81 bits per heavy atom. The molecule has 0 aliphatic carbocycles. The zero-order chi connectivity index (χ0) is 16.0. The smallest absolute Gasteiger partial charge is 0.349 e. The number of nitrogens with two attached hydrogens (primary N) is 1. The maximum absolute atomic E-state index is 12.0. The molecule has 0 aromatic carbocycles. The molecule has 0 unspecified atom stereocenters. The second-order valence-electron chi connectivity index (χ2n) is 4.67. The molecule has 118 valence electrons. The van der Waals surface area contributed by atoms with E-state index in [2.05, 4.69) is 5.32 Å². The highest BCUT2D eigenvalue weighted by molar-refractivity contribution is 5.92. The van der Waals surface area contributed by atoms with Crippen molar-refractivity contribution in [1.82, 2.24) is 5.32 Å². The lowest BCUT2D eigenvalue weighted by atomic mass is 10.0. The number of aliphatic hydroxyl groups excluding tert-OH is 1.